The Morgan fingerprint density at radius 1 is 1.33 bits per heavy atom. The number of halogens is 1. The number of para-hydroxylation sites is 1. The zero-order valence-electron chi connectivity index (χ0n) is 12.2. The first-order valence-electron chi connectivity index (χ1n) is 7.02. The summed E-state index contributed by atoms with van der Waals surface area (Å²) in [5.74, 6) is -0.00683. The highest BCUT2D eigenvalue weighted by molar-refractivity contribution is 9.10. The predicted molar refractivity (Wildman–Crippen MR) is 97.8 cm³/mol. The van der Waals surface area contributed by atoms with Gasteiger partial charge < -0.3 is 10.4 Å². The van der Waals surface area contributed by atoms with Crippen LogP contribution in [-0.4, -0.2) is 21.4 Å². The van der Waals surface area contributed by atoms with E-state index < -0.39 is 0 Å². The maximum absolute atomic E-state index is 10.1. The van der Waals surface area contributed by atoms with Crippen LogP contribution in [0.1, 0.15) is 4.88 Å². The average molecular weight is 403 g/mol. The lowest BCUT2D eigenvalue weighted by molar-refractivity contribution is -0.0702. The van der Waals surface area contributed by atoms with E-state index in [1.54, 1.807) is 17.5 Å². The Morgan fingerprint density at radius 3 is 3.08 bits per heavy atom. The van der Waals surface area contributed by atoms with Crippen LogP contribution in [0.25, 0.3) is 6.08 Å². The van der Waals surface area contributed by atoms with E-state index >= 15 is 0 Å². The van der Waals surface area contributed by atoms with Crippen LogP contribution in [0.5, 0.6) is 5.88 Å². The summed E-state index contributed by atoms with van der Waals surface area (Å²) in [4.78, 5) is 9.85. The van der Waals surface area contributed by atoms with Gasteiger partial charge in [-0.15, -0.1) is 0 Å². The van der Waals surface area contributed by atoms with Crippen molar-refractivity contribution in [2.75, 3.05) is 5.32 Å². The van der Waals surface area contributed by atoms with E-state index in [0.29, 0.717) is 10.0 Å². The molecule has 1 aromatic carbocycles. The summed E-state index contributed by atoms with van der Waals surface area (Å²) in [7, 11) is 0. The molecule has 0 spiro atoms. The molecule has 6 nitrogen and oxygen atoms in total. The summed E-state index contributed by atoms with van der Waals surface area (Å²) < 4.78 is 0.931. The molecule has 2 aromatic rings. The Balaban J connectivity index is 1.59. The van der Waals surface area contributed by atoms with E-state index in [9.17, 15) is 5.11 Å². The molecular weight excluding hydrogens is 392 g/mol. The summed E-state index contributed by atoms with van der Waals surface area (Å²) >= 11 is 4.85. The van der Waals surface area contributed by atoms with Crippen molar-refractivity contribution >= 4 is 50.4 Å². The number of oxime groups is 1. The number of hydrogen-bond donors (Lipinski definition) is 2. The van der Waals surface area contributed by atoms with Gasteiger partial charge in [-0.2, -0.15) is 10.0 Å². The number of allylic oxidation sites excluding steroid dienone is 4. The van der Waals surface area contributed by atoms with Crippen LogP contribution in [0.2, 0.25) is 0 Å². The van der Waals surface area contributed by atoms with E-state index in [4.69, 9.17) is 4.94 Å². The normalized spacial score (nSPS) is 17.0. The first-order chi connectivity index (χ1) is 11.7. The fourth-order valence-corrected chi connectivity index (χ4v) is 3.43. The number of aromatic hydroxyl groups is 1. The van der Waals surface area contributed by atoms with Gasteiger partial charge in [-0.3, -0.25) is 4.94 Å². The third-order valence-corrected chi connectivity index (χ3v) is 4.94. The molecule has 0 unspecified atom stereocenters. The fourth-order valence-electron chi connectivity index (χ4n) is 2.21. The van der Waals surface area contributed by atoms with Crippen molar-refractivity contribution in [1.29, 1.82) is 0 Å². The SMILES string of the molecule is Oc1nc(Nc2ccccc2Br)sc1C=C1C=CN2ON=CC2=C1. The summed E-state index contributed by atoms with van der Waals surface area (Å²) in [6.45, 7) is 0. The lowest BCUT2D eigenvalue weighted by atomic mass is 10.1. The Hall–Kier alpha value is -2.58. The first-order valence-corrected chi connectivity index (χ1v) is 8.63. The van der Waals surface area contributed by atoms with Gasteiger partial charge in [0.2, 0.25) is 5.88 Å². The van der Waals surface area contributed by atoms with Crippen LogP contribution in [-0.2, 0) is 4.94 Å². The van der Waals surface area contributed by atoms with Gasteiger partial charge in [-0.05, 0) is 51.9 Å². The van der Waals surface area contributed by atoms with Crippen LogP contribution in [0, 0.1) is 0 Å². The number of nitrogens with one attached hydrogen (secondary N) is 1. The number of rotatable bonds is 3. The molecule has 4 rings (SSSR count). The van der Waals surface area contributed by atoms with Gasteiger partial charge in [0.1, 0.15) is 5.70 Å². The number of hydroxylamine groups is 2. The van der Waals surface area contributed by atoms with E-state index in [1.807, 2.05) is 42.5 Å². The van der Waals surface area contributed by atoms with Crippen molar-refractivity contribution < 1.29 is 10.0 Å². The van der Waals surface area contributed by atoms with Crippen molar-refractivity contribution in [3.8, 4) is 5.88 Å². The minimum absolute atomic E-state index is 0.00683. The average Bonchev–Trinajstić information content (AvgIpc) is 3.16. The molecule has 0 atom stereocenters. The van der Waals surface area contributed by atoms with Gasteiger partial charge in [0.25, 0.3) is 0 Å². The van der Waals surface area contributed by atoms with Crippen LogP contribution in [0.15, 0.2) is 63.5 Å². The molecule has 0 fully saturated rings. The van der Waals surface area contributed by atoms with Gasteiger partial charge in [0.05, 0.1) is 16.8 Å². The van der Waals surface area contributed by atoms with Crippen LogP contribution < -0.4 is 5.32 Å². The number of fused-ring (bicyclic) bond motifs is 1. The zero-order chi connectivity index (χ0) is 16.5. The van der Waals surface area contributed by atoms with Gasteiger partial charge >= 0.3 is 0 Å². The number of anilines is 2. The highest BCUT2D eigenvalue weighted by Gasteiger charge is 2.17. The van der Waals surface area contributed by atoms with Crippen molar-refractivity contribution in [2.45, 2.75) is 0 Å². The molecule has 2 N–H and O–H groups in total. The maximum Gasteiger partial charge on any atom is 0.231 e. The molecule has 8 heteroatoms. The van der Waals surface area contributed by atoms with Gasteiger partial charge in [-0.1, -0.05) is 28.6 Å². The quantitative estimate of drug-likeness (QED) is 0.796. The zero-order valence-corrected chi connectivity index (χ0v) is 14.6. The van der Waals surface area contributed by atoms with E-state index in [-0.39, 0.29) is 5.88 Å². The Kier molecular flexibility index (Phi) is 3.83. The third-order valence-electron chi connectivity index (χ3n) is 3.34. The molecule has 0 amide bonds. The summed E-state index contributed by atoms with van der Waals surface area (Å²) in [5, 5.41) is 19.2. The van der Waals surface area contributed by atoms with E-state index in [2.05, 4.69) is 31.4 Å². The van der Waals surface area contributed by atoms with Gasteiger partial charge in [0.15, 0.2) is 5.13 Å². The molecule has 0 radical (unpaired) electrons. The smallest absolute Gasteiger partial charge is 0.231 e. The monoisotopic (exact) mass is 402 g/mol. The Labute approximate surface area is 150 Å². The van der Waals surface area contributed by atoms with Gasteiger partial charge in [0, 0.05) is 10.7 Å². The summed E-state index contributed by atoms with van der Waals surface area (Å²) in [5.41, 5.74) is 2.64. The van der Waals surface area contributed by atoms with Crippen LogP contribution >= 0.6 is 27.3 Å². The number of aromatic nitrogens is 1. The van der Waals surface area contributed by atoms with Crippen molar-refractivity contribution in [2.24, 2.45) is 5.16 Å². The second kappa shape index (κ2) is 6.14. The van der Waals surface area contributed by atoms with Gasteiger partial charge in [-0.25, -0.2) is 0 Å². The molecule has 120 valence electrons. The number of hydrogen-bond acceptors (Lipinski definition) is 7. The molecule has 0 bridgehead atoms. The topological polar surface area (TPSA) is 70.0 Å². The Bertz CT molecular complexity index is 917. The van der Waals surface area contributed by atoms with Crippen LogP contribution in [0.3, 0.4) is 0 Å². The lowest BCUT2D eigenvalue weighted by Crippen LogP contribution is -2.12. The lowest BCUT2D eigenvalue weighted by Gasteiger charge is -2.14. The number of thiazole rings is 1. The van der Waals surface area contributed by atoms with E-state index in [0.717, 1.165) is 21.4 Å². The number of benzene rings is 1. The first kappa shape index (κ1) is 15.0. The largest absolute Gasteiger partial charge is 0.492 e. The van der Waals surface area contributed by atoms with E-state index in [1.165, 1.54) is 11.3 Å². The number of nitrogens with zero attached hydrogens (tertiary/aromatic N) is 3. The van der Waals surface area contributed by atoms with Crippen molar-refractivity contribution in [3.63, 3.8) is 0 Å². The molecule has 24 heavy (non-hydrogen) atoms. The minimum atomic E-state index is -0.00683. The summed E-state index contributed by atoms with van der Waals surface area (Å²) in [6, 6.07) is 7.74. The summed E-state index contributed by atoms with van der Waals surface area (Å²) in [6.07, 6.45) is 9.05. The third kappa shape index (κ3) is 2.93. The predicted octanol–water partition coefficient (Wildman–Crippen LogP) is 4.38. The highest BCUT2D eigenvalue weighted by atomic mass is 79.9. The second-order valence-electron chi connectivity index (χ2n) is 4.98. The second-order valence-corrected chi connectivity index (χ2v) is 6.87. The molecule has 2 aliphatic heterocycles. The molecule has 2 aliphatic rings. The van der Waals surface area contributed by atoms with Crippen molar-refractivity contribution in [1.82, 2.24) is 10.0 Å². The molecule has 1 aromatic heterocycles. The van der Waals surface area contributed by atoms with Crippen LogP contribution in [0.4, 0.5) is 10.8 Å². The Morgan fingerprint density at radius 2 is 2.21 bits per heavy atom. The molecule has 0 aliphatic carbocycles. The molecule has 0 saturated carbocycles. The van der Waals surface area contributed by atoms with Crippen molar-refractivity contribution in [3.05, 3.63) is 63.2 Å². The fraction of sp³-hybridized carbons (Fsp3) is 0. The molecule has 0 saturated heterocycles. The maximum atomic E-state index is 10.1. The molecular formula is C16H11BrN4O2S. The standard InChI is InChI=1S/C16H11BrN4O2S/c17-12-3-1-2-4-13(12)19-16-20-15(22)14(24-16)8-10-5-6-21-11(7-10)9-18-23-21/h1-9,22H,(H,19,20). The minimum Gasteiger partial charge on any atom is -0.492 e. The molecule has 3 heterocycles. The highest BCUT2D eigenvalue weighted by Crippen LogP contribution is 2.34.